The fourth-order valence-electron chi connectivity index (χ4n) is 1.93. The number of nitrogens with one attached hydrogen (secondary N) is 1. The van der Waals surface area contributed by atoms with E-state index < -0.39 is 5.97 Å². The van der Waals surface area contributed by atoms with Crippen molar-refractivity contribution in [1.82, 2.24) is 9.97 Å². The summed E-state index contributed by atoms with van der Waals surface area (Å²) in [5.74, 6) is -0.472. The first-order valence-corrected chi connectivity index (χ1v) is 6.16. The number of anilines is 1. The average molecular weight is 251 g/mol. The van der Waals surface area contributed by atoms with E-state index in [2.05, 4.69) is 15.3 Å². The smallest absolute Gasteiger partial charge is 0.356 e. The summed E-state index contributed by atoms with van der Waals surface area (Å²) >= 11 is 0. The third-order valence-electron chi connectivity index (χ3n) is 2.92. The molecule has 2 N–H and O–H groups in total. The molecule has 98 valence electrons. The lowest BCUT2D eigenvalue weighted by Crippen LogP contribution is -2.22. The van der Waals surface area contributed by atoms with Gasteiger partial charge in [0.15, 0.2) is 5.69 Å². The summed E-state index contributed by atoms with van der Waals surface area (Å²) in [5.41, 5.74) is -0.0452. The molecule has 2 rings (SSSR count). The van der Waals surface area contributed by atoms with Crippen LogP contribution >= 0.6 is 0 Å². The van der Waals surface area contributed by atoms with Gasteiger partial charge < -0.3 is 15.2 Å². The molecule has 0 spiro atoms. The summed E-state index contributed by atoms with van der Waals surface area (Å²) in [6, 6.07) is 0. The van der Waals surface area contributed by atoms with Crippen LogP contribution in [0.2, 0.25) is 0 Å². The molecular weight excluding hydrogens is 234 g/mol. The Bertz CT molecular complexity index is 388. The van der Waals surface area contributed by atoms with Crippen LogP contribution in [0.25, 0.3) is 0 Å². The largest absolute Gasteiger partial charge is 0.476 e. The molecule has 0 aromatic carbocycles. The fraction of sp³-hybridized carbons (Fsp3) is 0.583. The maximum atomic E-state index is 10.6. The number of aromatic carboxylic acids is 1. The lowest BCUT2D eigenvalue weighted by Gasteiger charge is -2.22. The zero-order valence-electron chi connectivity index (χ0n) is 10.1. The Morgan fingerprint density at radius 2 is 2.33 bits per heavy atom. The van der Waals surface area contributed by atoms with E-state index >= 15 is 0 Å². The normalized spacial score (nSPS) is 19.4. The molecular formula is C12H17N3O3. The van der Waals surface area contributed by atoms with E-state index in [4.69, 9.17) is 9.84 Å². The molecule has 1 fully saturated rings. The zero-order valence-corrected chi connectivity index (χ0v) is 10.1. The van der Waals surface area contributed by atoms with Gasteiger partial charge in [0.1, 0.15) is 5.82 Å². The number of hydrogen-bond acceptors (Lipinski definition) is 5. The van der Waals surface area contributed by atoms with E-state index in [1.165, 1.54) is 18.8 Å². The van der Waals surface area contributed by atoms with E-state index in [0.717, 1.165) is 32.4 Å². The summed E-state index contributed by atoms with van der Waals surface area (Å²) in [4.78, 5) is 18.4. The number of ether oxygens (including phenoxy) is 1. The van der Waals surface area contributed by atoms with Crippen LogP contribution in [-0.2, 0) is 4.74 Å². The Morgan fingerprint density at radius 3 is 2.94 bits per heavy atom. The van der Waals surface area contributed by atoms with Crippen molar-refractivity contribution in [2.45, 2.75) is 31.8 Å². The van der Waals surface area contributed by atoms with Crippen LogP contribution in [-0.4, -0.2) is 40.3 Å². The Kier molecular flexibility index (Phi) is 4.46. The summed E-state index contributed by atoms with van der Waals surface area (Å²) in [5, 5.41) is 11.8. The minimum absolute atomic E-state index is 0.0452. The minimum atomic E-state index is -1.07. The quantitative estimate of drug-likeness (QED) is 0.825. The van der Waals surface area contributed by atoms with Gasteiger partial charge in [-0.15, -0.1) is 0 Å². The van der Waals surface area contributed by atoms with E-state index in [0.29, 0.717) is 11.9 Å². The van der Waals surface area contributed by atoms with Crippen LogP contribution in [0.3, 0.4) is 0 Å². The van der Waals surface area contributed by atoms with Gasteiger partial charge in [0.05, 0.1) is 18.5 Å². The van der Waals surface area contributed by atoms with Crippen molar-refractivity contribution in [3.8, 4) is 0 Å². The predicted octanol–water partition coefficient (Wildman–Crippen LogP) is 1.55. The molecule has 6 heteroatoms. The molecule has 1 aliphatic rings. The van der Waals surface area contributed by atoms with E-state index in [1.54, 1.807) is 0 Å². The van der Waals surface area contributed by atoms with Crippen molar-refractivity contribution in [3.05, 3.63) is 18.1 Å². The Balaban J connectivity index is 1.74. The molecule has 1 unspecified atom stereocenters. The third-order valence-corrected chi connectivity index (χ3v) is 2.92. The van der Waals surface area contributed by atoms with Crippen molar-refractivity contribution < 1.29 is 14.6 Å². The summed E-state index contributed by atoms with van der Waals surface area (Å²) in [6.07, 6.45) is 7.46. The van der Waals surface area contributed by atoms with E-state index in [1.807, 2.05) is 0 Å². The van der Waals surface area contributed by atoms with Crippen LogP contribution < -0.4 is 5.32 Å². The molecule has 1 saturated heterocycles. The van der Waals surface area contributed by atoms with Gasteiger partial charge in [-0.3, -0.25) is 0 Å². The minimum Gasteiger partial charge on any atom is -0.476 e. The van der Waals surface area contributed by atoms with Crippen molar-refractivity contribution in [2.24, 2.45) is 0 Å². The topological polar surface area (TPSA) is 84.3 Å². The number of nitrogens with zero attached hydrogens (tertiary/aromatic N) is 2. The van der Waals surface area contributed by atoms with Crippen molar-refractivity contribution in [1.29, 1.82) is 0 Å². The molecule has 2 heterocycles. The van der Waals surface area contributed by atoms with Gasteiger partial charge in [-0.25, -0.2) is 14.8 Å². The lowest BCUT2D eigenvalue weighted by atomic mass is 10.1. The highest BCUT2D eigenvalue weighted by molar-refractivity contribution is 5.84. The molecule has 0 radical (unpaired) electrons. The Labute approximate surface area is 105 Å². The van der Waals surface area contributed by atoms with Gasteiger partial charge in [0.2, 0.25) is 0 Å². The molecule has 1 aromatic heterocycles. The molecule has 1 atom stereocenters. The molecule has 18 heavy (non-hydrogen) atoms. The monoisotopic (exact) mass is 251 g/mol. The fourth-order valence-corrected chi connectivity index (χ4v) is 1.93. The summed E-state index contributed by atoms with van der Waals surface area (Å²) < 4.78 is 5.61. The first kappa shape index (κ1) is 12.8. The Morgan fingerprint density at radius 1 is 1.44 bits per heavy atom. The highest BCUT2D eigenvalue weighted by Gasteiger charge is 2.13. The predicted molar refractivity (Wildman–Crippen MR) is 65.7 cm³/mol. The van der Waals surface area contributed by atoms with Crippen molar-refractivity contribution >= 4 is 11.8 Å². The Hall–Kier alpha value is -1.69. The van der Waals surface area contributed by atoms with Crippen LogP contribution in [0, 0.1) is 0 Å². The highest BCUT2D eigenvalue weighted by atomic mass is 16.5. The second kappa shape index (κ2) is 6.30. The molecule has 0 amide bonds. The third kappa shape index (κ3) is 3.66. The van der Waals surface area contributed by atoms with E-state index in [9.17, 15) is 4.79 Å². The summed E-state index contributed by atoms with van der Waals surface area (Å²) in [6.45, 7) is 1.61. The molecule has 0 aliphatic carbocycles. The van der Waals surface area contributed by atoms with Crippen molar-refractivity contribution in [3.63, 3.8) is 0 Å². The molecule has 0 saturated carbocycles. The maximum Gasteiger partial charge on any atom is 0.356 e. The highest BCUT2D eigenvalue weighted by Crippen LogP contribution is 2.15. The van der Waals surface area contributed by atoms with Gasteiger partial charge >= 0.3 is 5.97 Å². The standard InChI is InChI=1S/C12H17N3O3/c16-12(17)10-7-15-11(8-14-10)13-5-4-9-3-1-2-6-18-9/h7-9H,1-6H2,(H,13,15)(H,16,17). The number of hydrogen-bond donors (Lipinski definition) is 2. The van der Waals surface area contributed by atoms with Gasteiger partial charge in [-0.05, 0) is 25.7 Å². The number of carboxylic acid groups (broad SMARTS) is 1. The SMILES string of the molecule is O=C(O)c1cnc(NCCC2CCCCO2)cn1. The van der Waals surface area contributed by atoms with Crippen LogP contribution in [0.15, 0.2) is 12.4 Å². The van der Waals surface area contributed by atoms with Crippen molar-refractivity contribution in [2.75, 3.05) is 18.5 Å². The van der Waals surface area contributed by atoms with Gasteiger partial charge in [-0.2, -0.15) is 0 Å². The molecule has 0 bridgehead atoms. The second-order valence-electron chi connectivity index (χ2n) is 4.30. The van der Waals surface area contributed by atoms with Crippen LogP contribution in [0.1, 0.15) is 36.2 Å². The number of rotatable bonds is 5. The van der Waals surface area contributed by atoms with Gasteiger partial charge in [0.25, 0.3) is 0 Å². The first-order chi connectivity index (χ1) is 8.75. The van der Waals surface area contributed by atoms with Crippen LogP contribution in [0.4, 0.5) is 5.82 Å². The van der Waals surface area contributed by atoms with Gasteiger partial charge in [-0.1, -0.05) is 0 Å². The molecule has 6 nitrogen and oxygen atoms in total. The maximum absolute atomic E-state index is 10.6. The van der Waals surface area contributed by atoms with E-state index in [-0.39, 0.29) is 5.69 Å². The summed E-state index contributed by atoms with van der Waals surface area (Å²) in [7, 11) is 0. The average Bonchev–Trinajstić information content (AvgIpc) is 2.40. The number of aromatic nitrogens is 2. The zero-order chi connectivity index (χ0) is 12.8. The second-order valence-corrected chi connectivity index (χ2v) is 4.30. The van der Waals surface area contributed by atoms with Gasteiger partial charge in [0, 0.05) is 13.2 Å². The molecule has 1 aliphatic heterocycles. The number of carboxylic acids is 1. The lowest BCUT2D eigenvalue weighted by molar-refractivity contribution is 0.0134. The number of carbonyl (C=O) groups is 1. The van der Waals surface area contributed by atoms with Crippen LogP contribution in [0.5, 0.6) is 0 Å². The molecule has 1 aromatic rings. The first-order valence-electron chi connectivity index (χ1n) is 6.16.